The van der Waals surface area contributed by atoms with Crippen LogP contribution < -0.4 is 11.1 Å². The van der Waals surface area contributed by atoms with Crippen LogP contribution in [0.3, 0.4) is 0 Å². The molecule has 2 aliphatic rings. The molecule has 1 atom stereocenters. The molecular formula is C17H16N2O6. The third kappa shape index (κ3) is 2.03. The van der Waals surface area contributed by atoms with Crippen LogP contribution in [0.2, 0.25) is 0 Å². The fourth-order valence-corrected chi connectivity index (χ4v) is 3.35. The summed E-state index contributed by atoms with van der Waals surface area (Å²) in [4.78, 5) is 38.0. The predicted molar refractivity (Wildman–Crippen MR) is 85.8 cm³/mol. The van der Waals surface area contributed by atoms with Crippen LogP contribution in [0, 0.1) is 0 Å². The molecule has 8 heteroatoms. The Kier molecular flexibility index (Phi) is 3.75. The van der Waals surface area contributed by atoms with Crippen molar-refractivity contribution in [2.45, 2.75) is 12.3 Å². The summed E-state index contributed by atoms with van der Waals surface area (Å²) in [6.07, 6.45) is 0. The molecule has 0 saturated heterocycles. The Morgan fingerprint density at radius 2 is 1.72 bits per heavy atom. The van der Waals surface area contributed by atoms with E-state index in [1.165, 1.54) is 14.0 Å². The molecule has 3 N–H and O–H groups in total. The first-order valence-corrected chi connectivity index (χ1v) is 7.36. The van der Waals surface area contributed by atoms with Crippen LogP contribution in [0.4, 0.5) is 5.69 Å². The fourth-order valence-electron chi connectivity index (χ4n) is 3.35. The summed E-state index contributed by atoms with van der Waals surface area (Å²) in [5.41, 5.74) is 4.58. The van der Waals surface area contributed by atoms with Crippen molar-refractivity contribution in [3.63, 3.8) is 0 Å². The number of nitrogens with two attached hydrogens (primary N) is 1. The molecule has 1 unspecified atom stereocenters. The minimum atomic E-state index is -1.80. The molecular weight excluding hydrogens is 328 g/mol. The van der Waals surface area contributed by atoms with Crippen LogP contribution in [0.5, 0.6) is 0 Å². The number of amides is 1. The van der Waals surface area contributed by atoms with E-state index in [2.05, 4.69) is 5.32 Å². The highest BCUT2D eigenvalue weighted by Crippen LogP contribution is 2.52. The summed E-state index contributed by atoms with van der Waals surface area (Å²) in [5, 5.41) is 2.68. The van der Waals surface area contributed by atoms with E-state index >= 15 is 0 Å². The van der Waals surface area contributed by atoms with E-state index in [1.807, 2.05) is 0 Å². The lowest BCUT2D eigenvalue weighted by molar-refractivity contribution is -0.141. The molecule has 2 heterocycles. The van der Waals surface area contributed by atoms with Crippen molar-refractivity contribution in [1.29, 1.82) is 0 Å². The van der Waals surface area contributed by atoms with Gasteiger partial charge in [0.25, 0.3) is 0 Å². The molecule has 0 saturated carbocycles. The minimum Gasteiger partial charge on any atom is -0.466 e. The topological polar surface area (TPSA) is 117 Å². The SMILES string of the molecule is COC(=O)C1=C(C)OC(N)=C(C(=O)OC)C12C(=O)Nc1ccccc12. The number of rotatable bonds is 2. The number of allylic oxidation sites excluding steroid dienone is 1. The molecule has 25 heavy (non-hydrogen) atoms. The molecule has 8 nitrogen and oxygen atoms in total. The number of ether oxygens (including phenoxy) is 3. The van der Waals surface area contributed by atoms with E-state index in [4.69, 9.17) is 19.9 Å². The van der Waals surface area contributed by atoms with Gasteiger partial charge in [-0.1, -0.05) is 18.2 Å². The smallest absolute Gasteiger partial charge is 0.340 e. The zero-order chi connectivity index (χ0) is 18.4. The quantitative estimate of drug-likeness (QED) is 0.758. The largest absolute Gasteiger partial charge is 0.466 e. The van der Waals surface area contributed by atoms with Crippen LogP contribution in [0.15, 0.2) is 47.1 Å². The normalized spacial score (nSPS) is 21.6. The summed E-state index contributed by atoms with van der Waals surface area (Å²) < 4.78 is 15.0. The second kappa shape index (κ2) is 5.66. The monoisotopic (exact) mass is 344 g/mol. The van der Waals surface area contributed by atoms with Crippen molar-refractivity contribution in [3.8, 4) is 0 Å². The number of nitrogens with one attached hydrogen (secondary N) is 1. The highest BCUT2D eigenvalue weighted by Gasteiger charge is 2.61. The summed E-state index contributed by atoms with van der Waals surface area (Å²) in [7, 11) is 2.33. The Balaban J connectivity index is 2.44. The van der Waals surface area contributed by atoms with Gasteiger partial charge in [0.1, 0.15) is 22.3 Å². The van der Waals surface area contributed by atoms with Gasteiger partial charge in [0.05, 0.1) is 14.2 Å². The third-order valence-corrected chi connectivity index (χ3v) is 4.31. The number of fused-ring (bicyclic) bond motifs is 2. The van der Waals surface area contributed by atoms with Crippen molar-refractivity contribution in [2.24, 2.45) is 5.73 Å². The van der Waals surface area contributed by atoms with Crippen LogP contribution in [-0.4, -0.2) is 32.1 Å². The number of hydrogen-bond acceptors (Lipinski definition) is 7. The van der Waals surface area contributed by atoms with Gasteiger partial charge in [0.2, 0.25) is 11.8 Å². The number of carbonyl (C=O) groups excluding carboxylic acids is 3. The second-order valence-electron chi connectivity index (χ2n) is 5.51. The first-order valence-electron chi connectivity index (χ1n) is 7.36. The molecule has 0 aliphatic carbocycles. The van der Waals surface area contributed by atoms with Crippen molar-refractivity contribution in [3.05, 3.63) is 52.6 Å². The van der Waals surface area contributed by atoms with Gasteiger partial charge in [0, 0.05) is 11.3 Å². The molecule has 1 aromatic carbocycles. The molecule has 130 valence electrons. The Bertz CT molecular complexity index is 830. The van der Waals surface area contributed by atoms with E-state index in [1.54, 1.807) is 24.3 Å². The number of carbonyl (C=O) groups is 3. The van der Waals surface area contributed by atoms with Crippen LogP contribution in [0.1, 0.15) is 12.5 Å². The summed E-state index contributed by atoms with van der Waals surface area (Å²) >= 11 is 0. The number of benzene rings is 1. The van der Waals surface area contributed by atoms with Crippen molar-refractivity contribution in [2.75, 3.05) is 19.5 Å². The van der Waals surface area contributed by atoms with Gasteiger partial charge in [-0.25, -0.2) is 9.59 Å². The van der Waals surface area contributed by atoms with Crippen molar-refractivity contribution >= 4 is 23.5 Å². The van der Waals surface area contributed by atoms with E-state index in [-0.39, 0.29) is 22.8 Å². The number of hydrogen-bond donors (Lipinski definition) is 2. The van der Waals surface area contributed by atoms with Gasteiger partial charge in [-0.15, -0.1) is 0 Å². The Hall–Kier alpha value is -3.29. The first-order chi connectivity index (χ1) is 11.9. The molecule has 0 aromatic heterocycles. The zero-order valence-electron chi connectivity index (χ0n) is 13.8. The lowest BCUT2D eigenvalue weighted by Crippen LogP contribution is -2.48. The third-order valence-electron chi connectivity index (χ3n) is 4.31. The standard InChI is InChI=1S/C17H16N2O6/c1-8-11(14(20)23-2)17(12(13(18)25-8)15(21)24-3)9-6-4-5-7-10(9)19-16(17)22/h4-7H,18H2,1-3H3,(H,19,22). The highest BCUT2D eigenvalue weighted by molar-refractivity contribution is 6.21. The van der Waals surface area contributed by atoms with Crippen molar-refractivity contribution < 1.29 is 28.6 Å². The lowest BCUT2D eigenvalue weighted by Gasteiger charge is -2.35. The number of para-hydroxylation sites is 1. The summed E-state index contributed by atoms with van der Waals surface area (Å²) in [6, 6.07) is 6.69. The highest BCUT2D eigenvalue weighted by atomic mass is 16.5. The maximum Gasteiger partial charge on any atom is 0.340 e. The fraction of sp³-hybridized carbons (Fsp3) is 0.235. The maximum absolute atomic E-state index is 13.1. The van der Waals surface area contributed by atoms with Crippen LogP contribution in [-0.2, 0) is 34.0 Å². The maximum atomic E-state index is 13.1. The zero-order valence-corrected chi connectivity index (χ0v) is 13.8. The van der Waals surface area contributed by atoms with E-state index in [0.717, 1.165) is 7.11 Å². The molecule has 2 aliphatic heterocycles. The Morgan fingerprint density at radius 3 is 2.36 bits per heavy atom. The molecule has 1 spiro atoms. The van der Waals surface area contributed by atoms with E-state index in [0.29, 0.717) is 11.3 Å². The van der Waals surface area contributed by atoms with Crippen LogP contribution >= 0.6 is 0 Å². The lowest BCUT2D eigenvalue weighted by atomic mass is 9.68. The first kappa shape index (κ1) is 16.6. The van der Waals surface area contributed by atoms with Gasteiger partial charge in [-0.05, 0) is 13.0 Å². The van der Waals surface area contributed by atoms with Crippen molar-refractivity contribution in [1.82, 2.24) is 0 Å². The van der Waals surface area contributed by atoms with E-state index < -0.39 is 23.3 Å². The Morgan fingerprint density at radius 1 is 1.12 bits per heavy atom. The molecule has 0 fully saturated rings. The Labute approximate surface area is 143 Å². The summed E-state index contributed by atoms with van der Waals surface area (Å²) in [6.45, 7) is 1.48. The average Bonchev–Trinajstić information content (AvgIpc) is 2.87. The molecule has 0 bridgehead atoms. The van der Waals surface area contributed by atoms with Gasteiger partial charge in [0.15, 0.2) is 0 Å². The van der Waals surface area contributed by atoms with Gasteiger partial charge in [-0.3, -0.25) is 4.79 Å². The summed E-state index contributed by atoms with van der Waals surface area (Å²) in [5.74, 6) is -2.52. The number of anilines is 1. The minimum absolute atomic E-state index is 0.0730. The van der Waals surface area contributed by atoms with Gasteiger partial charge in [-0.2, -0.15) is 0 Å². The van der Waals surface area contributed by atoms with Gasteiger partial charge < -0.3 is 25.3 Å². The number of esters is 2. The molecule has 0 radical (unpaired) electrons. The molecule has 1 amide bonds. The predicted octanol–water partition coefficient (Wildman–Crippen LogP) is 0.697. The molecule has 1 aromatic rings. The van der Waals surface area contributed by atoms with E-state index in [9.17, 15) is 14.4 Å². The number of methoxy groups -OCH3 is 2. The van der Waals surface area contributed by atoms with Gasteiger partial charge >= 0.3 is 11.9 Å². The molecule has 3 rings (SSSR count). The average molecular weight is 344 g/mol. The second-order valence-corrected chi connectivity index (χ2v) is 5.51. The van der Waals surface area contributed by atoms with Crippen LogP contribution in [0.25, 0.3) is 0 Å².